The fourth-order valence-corrected chi connectivity index (χ4v) is 1.91. The minimum absolute atomic E-state index is 0.0968. The zero-order valence-corrected chi connectivity index (χ0v) is 9.41. The first-order valence-corrected chi connectivity index (χ1v) is 5.68. The minimum Gasteiger partial charge on any atom is -0.374 e. The highest BCUT2D eigenvalue weighted by Crippen LogP contribution is 2.12. The predicted octanol–water partition coefficient (Wildman–Crippen LogP) is 1.49. The molecule has 0 aromatic heterocycles. The van der Waals surface area contributed by atoms with E-state index in [4.69, 9.17) is 4.74 Å². The van der Waals surface area contributed by atoms with Crippen LogP contribution in [0.25, 0.3) is 0 Å². The third-order valence-corrected chi connectivity index (χ3v) is 2.72. The maximum Gasteiger partial charge on any atom is 0.156 e. The summed E-state index contributed by atoms with van der Waals surface area (Å²) < 4.78 is 5.56. The molecule has 1 aliphatic rings. The topological polar surface area (TPSA) is 33.6 Å². The second kappa shape index (κ2) is 4.86. The van der Waals surface area contributed by atoms with Crippen molar-refractivity contribution < 1.29 is 4.74 Å². The first kappa shape index (κ1) is 10.9. The monoisotopic (exact) mass is 202 g/mol. The third-order valence-electron chi connectivity index (χ3n) is 1.79. The van der Waals surface area contributed by atoms with Gasteiger partial charge in [0.2, 0.25) is 0 Å². The molecule has 0 spiro atoms. The van der Waals surface area contributed by atoms with Crippen molar-refractivity contribution in [3.05, 3.63) is 0 Å². The number of ether oxygens (including phenoxy) is 1. The lowest BCUT2D eigenvalue weighted by Gasteiger charge is -2.25. The molecule has 4 heteroatoms. The average Bonchev–Trinajstić information content (AvgIpc) is 2.52. The number of rotatable bonds is 4. The van der Waals surface area contributed by atoms with E-state index in [9.17, 15) is 0 Å². The van der Waals surface area contributed by atoms with Crippen LogP contribution in [0.3, 0.4) is 0 Å². The zero-order valence-electron chi connectivity index (χ0n) is 8.59. The van der Waals surface area contributed by atoms with Crippen molar-refractivity contribution in [3.63, 3.8) is 0 Å². The summed E-state index contributed by atoms with van der Waals surface area (Å²) in [7, 11) is 0. The Hall–Kier alpha value is -0.220. The van der Waals surface area contributed by atoms with Gasteiger partial charge in [-0.1, -0.05) is 11.8 Å². The van der Waals surface area contributed by atoms with Gasteiger partial charge in [-0.3, -0.25) is 4.99 Å². The first-order chi connectivity index (χ1) is 6.14. The molecule has 76 valence electrons. The van der Waals surface area contributed by atoms with Crippen molar-refractivity contribution in [1.82, 2.24) is 5.32 Å². The smallest absolute Gasteiger partial charge is 0.156 e. The molecular weight excluding hydrogens is 184 g/mol. The van der Waals surface area contributed by atoms with Gasteiger partial charge in [0.15, 0.2) is 5.17 Å². The molecule has 0 saturated heterocycles. The normalized spacial score (nSPS) is 17.3. The molecule has 0 unspecified atom stereocenters. The lowest BCUT2D eigenvalue weighted by molar-refractivity contribution is -0.00556. The van der Waals surface area contributed by atoms with Crippen LogP contribution >= 0.6 is 11.8 Å². The molecule has 3 nitrogen and oxygen atoms in total. The van der Waals surface area contributed by atoms with Gasteiger partial charge in [0.05, 0.1) is 12.1 Å². The fraction of sp³-hybridized carbons (Fsp3) is 0.889. The van der Waals surface area contributed by atoms with E-state index in [1.54, 1.807) is 11.8 Å². The molecule has 1 heterocycles. The van der Waals surface area contributed by atoms with Crippen LogP contribution in [-0.2, 0) is 4.74 Å². The van der Waals surface area contributed by atoms with Gasteiger partial charge in [0.1, 0.15) is 0 Å². The third kappa shape index (κ3) is 4.00. The molecule has 13 heavy (non-hydrogen) atoms. The highest BCUT2D eigenvalue weighted by molar-refractivity contribution is 8.14. The molecule has 1 aliphatic heterocycles. The maximum absolute atomic E-state index is 5.56. The fourth-order valence-electron chi connectivity index (χ4n) is 1.17. The number of thioether (sulfide) groups is 1. The lowest BCUT2D eigenvalue weighted by Crippen LogP contribution is -2.39. The highest BCUT2D eigenvalue weighted by atomic mass is 32.2. The van der Waals surface area contributed by atoms with Crippen LogP contribution in [0.15, 0.2) is 4.99 Å². The summed E-state index contributed by atoms with van der Waals surface area (Å²) in [4.78, 5) is 4.31. The molecule has 1 rings (SSSR count). The van der Waals surface area contributed by atoms with Crippen LogP contribution in [0.5, 0.6) is 0 Å². The van der Waals surface area contributed by atoms with Gasteiger partial charge < -0.3 is 10.1 Å². The van der Waals surface area contributed by atoms with Crippen LogP contribution in [-0.4, -0.2) is 36.2 Å². The molecule has 0 radical (unpaired) electrons. The quantitative estimate of drug-likeness (QED) is 0.750. The summed E-state index contributed by atoms with van der Waals surface area (Å²) in [5, 5.41) is 4.36. The van der Waals surface area contributed by atoms with E-state index in [0.717, 1.165) is 30.6 Å². The van der Waals surface area contributed by atoms with E-state index in [-0.39, 0.29) is 5.60 Å². The summed E-state index contributed by atoms with van der Waals surface area (Å²) in [6, 6.07) is 0. The SMILES string of the molecule is CCOC(C)(C)CNC1=NCCS1. The van der Waals surface area contributed by atoms with Gasteiger partial charge in [0, 0.05) is 18.9 Å². The second-order valence-corrected chi connectivity index (χ2v) is 4.67. The molecule has 0 aliphatic carbocycles. The molecule has 0 fully saturated rings. The standard InChI is InChI=1S/C9H18N2OS/c1-4-12-9(2,3)7-11-8-10-5-6-13-8/h4-7H2,1-3H3,(H,10,11). The Morgan fingerprint density at radius 1 is 1.62 bits per heavy atom. The van der Waals surface area contributed by atoms with Crippen LogP contribution < -0.4 is 5.32 Å². The molecule has 0 aromatic rings. The van der Waals surface area contributed by atoms with Crippen molar-refractivity contribution in [2.45, 2.75) is 26.4 Å². The molecule has 0 saturated carbocycles. The molecule has 0 atom stereocenters. The molecular formula is C9H18N2OS. The summed E-state index contributed by atoms with van der Waals surface area (Å²) in [6.45, 7) is 8.72. The maximum atomic E-state index is 5.56. The number of amidine groups is 1. The number of aliphatic imine (C=N–C) groups is 1. The summed E-state index contributed by atoms with van der Waals surface area (Å²) in [5.41, 5.74) is -0.0968. The molecule has 0 bridgehead atoms. The van der Waals surface area contributed by atoms with E-state index < -0.39 is 0 Å². The predicted molar refractivity (Wildman–Crippen MR) is 58.5 cm³/mol. The van der Waals surface area contributed by atoms with Crippen molar-refractivity contribution in [3.8, 4) is 0 Å². The lowest BCUT2D eigenvalue weighted by atomic mass is 10.1. The Morgan fingerprint density at radius 3 is 2.92 bits per heavy atom. The van der Waals surface area contributed by atoms with Crippen LogP contribution in [0.2, 0.25) is 0 Å². The summed E-state index contributed by atoms with van der Waals surface area (Å²) >= 11 is 1.78. The van der Waals surface area contributed by atoms with E-state index in [2.05, 4.69) is 24.2 Å². The minimum atomic E-state index is -0.0968. The number of hydrogen-bond donors (Lipinski definition) is 1. The second-order valence-electron chi connectivity index (χ2n) is 3.58. The van der Waals surface area contributed by atoms with Gasteiger partial charge in [0.25, 0.3) is 0 Å². The summed E-state index contributed by atoms with van der Waals surface area (Å²) in [5.74, 6) is 1.11. The van der Waals surface area contributed by atoms with Crippen LogP contribution in [0.4, 0.5) is 0 Å². The number of nitrogens with one attached hydrogen (secondary N) is 1. The van der Waals surface area contributed by atoms with Crippen molar-refractivity contribution in [2.24, 2.45) is 4.99 Å². The van der Waals surface area contributed by atoms with E-state index in [1.807, 2.05) is 6.92 Å². The van der Waals surface area contributed by atoms with Gasteiger partial charge >= 0.3 is 0 Å². The first-order valence-electron chi connectivity index (χ1n) is 4.69. The van der Waals surface area contributed by atoms with Crippen molar-refractivity contribution >= 4 is 16.9 Å². The molecule has 1 N–H and O–H groups in total. The Bertz CT molecular complexity index is 192. The van der Waals surface area contributed by atoms with Gasteiger partial charge in [-0.15, -0.1) is 0 Å². The molecule has 0 amide bonds. The van der Waals surface area contributed by atoms with Crippen LogP contribution in [0, 0.1) is 0 Å². The van der Waals surface area contributed by atoms with Gasteiger partial charge in [-0.2, -0.15) is 0 Å². The van der Waals surface area contributed by atoms with Crippen LogP contribution in [0.1, 0.15) is 20.8 Å². The van der Waals surface area contributed by atoms with E-state index in [0.29, 0.717) is 0 Å². The number of hydrogen-bond acceptors (Lipinski definition) is 4. The van der Waals surface area contributed by atoms with Gasteiger partial charge in [-0.05, 0) is 20.8 Å². The van der Waals surface area contributed by atoms with E-state index >= 15 is 0 Å². The zero-order chi connectivity index (χ0) is 9.73. The van der Waals surface area contributed by atoms with Crippen molar-refractivity contribution in [1.29, 1.82) is 0 Å². The molecule has 0 aromatic carbocycles. The Balaban J connectivity index is 2.23. The Morgan fingerprint density at radius 2 is 2.38 bits per heavy atom. The largest absolute Gasteiger partial charge is 0.374 e. The highest BCUT2D eigenvalue weighted by Gasteiger charge is 2.18. The average molecular weight is 202 g/mol. The summed E-state index contributed by atoms with van der Waals surface area (Å²) in [6.07, 6.45) is 0. The Labute approximate surface area is 84.3 Å². The van der Waals surface area contributed by atoms with E-state index in [1.165, 1.54) is 0 Å². The number of nitrogens with zero attached hydrogens (tertiary/aromatic N) is 1. The Kier molecular flexibility index (Phi) is 4.06. The van der Waals surface area contributed by atoms with Crippen molar-refractivity contribution in [2.75, 3.05) is 25.4 Å². The van der Waals surface area contributed by atoms with Gasteiger partial charge in [-0.25, -0.2) is 0 Å².